The first-order chi connectivity index (χ1) is 13.5. The van der Waals surface area contributed by atoms with Crippen LogP contribution in [0.25, 0.3) is 0 Å². The van der Waals surface area contributed by atoms with E-state index in [9.17, 15) is 0 Å². The van der Waals surface area contributed by atoms with Gasteiger partial charge < -0.3 is 24.8 Å². The van der Waals surface area contributed by atoms with E-state index in [-0.39, 0.29) is 24.8 Å². The van der Waals surface area contributed by atoms with Crippen molar-refractivity contribution in [1.29, 1.82) is 0 Å². The fourth-order valence-corrected chi connectivity index (χ4v) is 3.66. The van der Waals surface area contributed by atoms with Gasteiger partial charge in [-0.15, -0.1) is 6.42 Å². The van der Waals surface area contributed by atoms with E-state index in [1.165, 1.54) is 60.8 Å². The predicted molar refractivity (Wildman–Crippen MR) is 118 cm³/mol. The van der Waals surface area contributed by atoms with Crippen molar-refractivity contribution in [1.82, 2.24) is 0 Å². The van der Waals surface area contributed by atoms with Gasteiger partial charge in [0.05, 0.1) is 0 Å². The summed E-state index contributed by atoms with van der Waals surface area (Å²) in [6.45, 7) is 8.42. The van der Waals surface area contributed by atoms with Crippen LogP contribution in [0.4, 0.5) is 0 Å². The molecule has 0 aliphatic heterocycles. The van der Waals surface area contributed by atoms with Crippen molar-refractivity contribution in [2.75, 3.05) is 0 Å². The molecule has 0 radical (unpaired) electrons. The van der Waals surface area contributed by atoms with Crippen LogP contribution in [0.5, 0.6) is 0 Å². The first-order valence-corrected chi connectivity index (χ1v) is 10.8. The molecule has 0 unspecified atom stereocenters. The van der Waals surface area contributed by atoms with Crippen molar-refractivity contribution in [2.45, 2.75) is 34.1 Å². The molecule has 3 heteroatoms. The van der Waals surface area contributed by atoms with Crippen LogP contribution < -0.4 is 24.8 Å². The second kappa shape index (κ2) is 15.4. The molecule has 4 rings (SSSR count). The maximum absolute atomic E-state index is 3.19. The molecule has 0 amide bonds. The standard InChI is InChI=1S/C13H10.2C7H9.2ClH.Zr/c1-3-7-12(8-4-1)11-13-9-5-2-6-10-13;2*1-6-3-4-7(2)5-6;;;/h1-10H;5H,3H2,1-2H3;3-5H,1-2H3;2*1H;/q;2*-1;;;+2/p-2. The van der Waals surface area contributed by atoms with Gasteiger partial charge in [0.15, 0.2) is 0 Å². The number of benzene rings is 2. The number of aryl methyl sites for hydroxylation is 2. The topological polar surface area (TPSA) is 0 Å². The zero-order chi connectivity index (χ0) is 20.4. The molecule has 0 heterocycles. The third-order valence-corrected chi connectivity index (χ3v) is 5.72. The molecule has 0 bridgehead atoms. The van der Waals surface area contributed by atoms with Crippen LogP contribution in [0.15, 0.2) is 96.1 Å². The zero-order valence-electron chi connectivity index (χ0n) is 18.0. The average molecular weight is 515 g/mol. The van der Waals surface area contributed by atoms with Crippen LogP contribution >= 0.6 is 0 Å². The molecule has 1 aliphatic rings. The van der Waals surface area contributed by atoms with E-state index >= 15 is 0 Å². The average Bonchev–Trinajstić information content (AvgIpc) is 3.29. The Kier molecular flexibility index (Phi) is 14.7. The molecule has 1 aliphatic carbocycles. The van der Waals surface area contributed by atoms with Crippen LogP contribution in [0, 0.1) is 19.9 Å². The second-order valence-corrected chi connectivity index (χ2v) is 8.33. The van der Waals surface area contributed by atoms with E-state index in [0.29, 0.717) is 0 Å². The van der Waals surface area contributed by atoms with Gasteiger partial charge in [0, 0.05) is 0 Å². The number of rotatable bonds is 2. The van der Waals surface area contributed by atoms with Gasteiger partial charge in [-0.25, -0.2) is 23.3 Å². The van der Waals surface area contributed by atoms with E-state index in [4.69, 9.17) is 0 Å². The fraction of sp³-hybridized carbons (Fsp3) is 0.185. The molecule has 0 nitrogen and oxygen atoms in total. The fourth-order valence-electron chi connectivity index (χ4n) is 2.85. The van der Waals surface area contributed by atoms with Crippen LogP contribution in [-0.4, -0.2) is 3.21 Å². The summed E-state index contributed by atoms with van der Waals surface area (Å²) in [5, 5.41) is 0. The first-order valence-electron chi connectivity index (χ1n) is 9.59. The molecule has 0 aromatic heterocycles. The summed E-state index contributed by atoms with van der Waals surface area (Å²) in [5.74, 6) is 0. The van der Waals surface area contributed by atoms with E-state index in [0.717, 1.165) is 6.42 Å². The summed E-state index contributed by atoms with van der Waals surface area (Å²) in [4.78, 5) is 0. The molecule has 0 saturated heterocycles. The van der Waals surface area contributed by atoms with Gasteiger partial charge in [0.1, 0.15) is 0 Å². The minimum atomic E-state index is 0. The minimum absolute atomic E-state index is 0. The molecule has 0 spiro atoms. The van der Waals surface area contributed by atoms with E-state index < -0.39 is 0 Å². The zero-order valence-corrected chi connectivity index (χ0v) is 22.0. The quantitative estimate of drug-likeness (QED) is 0.447. The van der Waals surface area contributed by atoms with Crippen LogP contribution in [0.1, 0.15) is 42.5 Å². The summed E-state index contributed by atoms with van der Waals surface area (Å²) in [6.07, 6.45) is 6.41. The third kappa shape index (κ3) is 10.6. The Hall–Kier alpha value is -1.40. The van der Waals surface area contributed by atoms with Crippen molar-refractivity contribution >= 4 is 3.21 Å². The molecule has 0 atom stereocenters. The Morgan fingerprint density at radius 3 is 1.57 bits per heavy atom. The van der Waals surface area contributed by atoms with Gasteiger partial charge in [0.25, 0.3) is 0 Å². The number of hydrogen-bond acceptors (Lipinski definition) is 0. The number of hydrogen-bond donors (Lipinski definition) is 0. The van der Waals surface area contributed by atoms with Crippen LogP contribution in [0.2, 0.25) is 0 Å². The first kappa shape index (κ1) is 28.6. The van der Waals surface area contributed by atoms with Gasteiger partial charge in [-0.05, 0) is 0 Å². The molecule has 0 N–H and O–H groups in total. The molecule has 0 saturated carbocycles. The Morgan fingerprint density at radius 1 is 0.833 bits per heavy atom. The molecule has 3 aromatic carbocycles. The van der Waals surface area contributed by atoms with Crippen LogP contribution in [-0.2, 0) is 24.2 Å². The van der Waals surface area contributed by atoms with Crippen LogP contribution in [0.3, 0.4) is 0 Å². The van der Waals surface area contributed by atoms with Gasteiger partial charge in [-0.3, -0.25) is 6.08 Å². The molecule has 30 heavy (non-hydrogen) atoms. The van der Waals surface area contributed by atoms with Crippen molar-refractivity contribution in [2.24, 2.45) is 0 Å². The SMILES string of the molecule is CC1=[C-]CC(C)=C1.Cc1c[cH-]c(C)c1.[Cl-].[Cl-].[Zr+2]=[C](c1ccccc1)c1ccccc1. The Balaban J connectivity index is 0.000000448. The van der Waals surface area contributed by atoms with E-state index in [2.05, 4.69) is 119 Å². The summed E-state index contributed by atoms with van der Waals surface area (Å²) < 4.78 is 1.42. The Bertz CT molecular complexity index is 877. The molecule has 156 valence electrons. The predicted octanol–water partition coefficient (Wildman–Crippen LogP) is 0.918. The normalized spacial score (nSPS) is 11.3. The Morgan fingerprint density at radius 2 is 1.33 bits per heavy atom. The molecule has 3 aromatic rings. The van der Waals surface area contributed by atoms with Gasteiger partial charge >= 0.3 is 99.2 Å². The monoisotopic (exact) mass is 512 g/mol. The van der Waals surface area contributed by atoms with Crippen molar-refractivity contribution < 1.29 is 49.0 Å². The van der Waals surface area contributed by atoms with Gasteiger partial charge in [-0.1, -0.05) is 27.7 Å². The summed E-state index contributed by atoms with van der Waals surface area (Å²) in [5.41, 5.74) is 8.10. The number of halogens is 2. The number of allylic oxidation sites excluding steroid dienone is 4. The van der Waals surface area contributed by atoms with Crippen molar-refractivity contribution in [3.63, 3.8) is 0 Å². The van der Waals surface area contributed by atoms with Crippen molar-refractivity contribution in [3.05, 3.63) is 124 Å². The van der Waals surface area contributed by atoms with Gasteiger partial charge in [-0.2, -0.15) is 23.3 Å². The summed E-state index contributed by atoms with van der Waals surface area (Å²) >= 11 is 1.46. The summed E-state index contributed by atoms with van der Waals surface area (Å²) in [7, 11) is 0. The molecular weight excluding hydrogens is 486 g/mol. The van der Waals surface area contributed by atoms with Gasteiger partial charge in [0.2, 0.25) is 0 Å². The molecular formula is C27H28Cl2Zr-2. The molecule has 0 fully saturated rings. The second-order valence-electron chi connectivity index (χ2n) is 7.10. The van der Waals surface area contributed by atoms with E-state index in [1.54, 1.807) is 0 Å². The summed E-state index contributed by atoms with van der Waals surface area (Å²) in [6, 6.07) is 27.5. The third-order valence-electron chi connectivity index (χ3n) is 4.30. The van der Waals surface area contributed by atoms with Crippen molar-refractivity contribution in [3.8, 4) is 0 Å². The maximum atomic E-state index is 3.19. The van der Waals surface area contributed by atoms with E-state index in [1.807, 2.05) is 0 Å². The Labute approximate surface area is 209 Å².